The molecule has 0 unspecified atom stereocenters. The van der Waals surface area contributed by atoms with Crippen molar-refractivity contribution >= 4 is 11.7 Å². The maximum Gasteiger partial charge on any atom is 0.350 e. The van der Waals surface area contributed by atoms with Crippen LogP contribution in [-0.2, 0) is 9.53 Å². The second-order valence-electron chi connectivity index (χ2n) is 3.19. The van der Waals surface area contributed by atoms with E-state index >= 15 is 0 Å². The molecule has 1 rings (SSSR count). The average molecular weight is 252 g/mol. The van der Waals surface area contributed by atoms with Crippen LogP contribution >= 0.6 is 0 Å². The molecule has 1 N–H and O–H groups in total. The number of ether oxygens (including phenoxy) is 1. The number of benzene rings is 1. The lowest BCUT2D eigenvalue weighted by atomic mass is 10.3. The Bertz CT molecular complexity index is 501. The van der Waals surface area contributed by atoms with Gasteiger partial charge in [-0.05, 0) is 19.1 Å². The summed E-state index contributed by atoms with van der Waals surface area (Å²) in [7, 11) is 0. The number of esters is 1. The molecule has 0 aromatic heterocycles. The number of rotatable bonds is 4. The maximum atomic E-state index is 12.9. The molecule has 0 aliphatic carbocycles. The van der Waals surface area contributed by atoms with E-state index in [1.54, 1.807) is 13.0 Å². The van der Waals surface area contributed by atoms with Gasteiger partial charge in [0.25, 0.3) is 0 Å². The number of anilines is 1. The van der Waals surface area contributed by atoms with E-state index in [9.17, 15) is 13.6 Å². The van der Waals surface area contributed by atoms with Crippen molar-refractivity contribution in [3.8, 4) is 6.07 Å². The predicted molar refractivity (Wildman–Crippen MR) is 60.3 cm³/mol. The van der Waals surface area contributed by atoms with Crippen LogP contribution < -0.4 is 5.32 Å². The number of hydrogen-bond donors (Lipinski definition) is 1. The standard InChI is InChI=1S/C12H10F2N2O2/c1-2-18-12(17)8(6-15)7-16-11-4-9(13)3-10(14)5-11/h3-5,7,16H,2H2,1H3. The second kappa shape index (κ2) is 6.35. The van der Waals surface area contributed by atoms with Gasteiger partial charge in [-0.1, -0.05) is 0 Å². The smallest absolute Gasteiger partial charge is 0.350 e. The van der Waals surface area contributed by atoms with E-state index in [0.717, 1.165) is 18.3 Å². The lowest BCUT2D eigenvalue weighted by molar-refractivity contribution is -0.138. The molecule has 6 heteroatoms. The van der Waals surface area contributed by atoms with Gasteiger partial charge in [0.2, 0.25) is 0 Å². The third-order valence-electron chi connectivity index (χ3n) is 1.86. The van der Waals surface area contributed by atoms with Gasteiger partial charge in [-0.15, -0.1) is 0 Å². The van der Waals surface area contributed by atoms with Crippen LogP contribution in [0.1, 0.15) is 6.92 Å². The van der Waals surface area contributed by atoms with Gasteiger partial charge in [-0.2, -0.15) is 5.26 Å². The first kappa shape index (κ1) is 13.6. The van der Waals surface area contributed by atoms with Gasteiger partial charge in [0.05, 0.1) is 6.61 Å². The van der Waals surface area contributed by atoms with Gasteiger partial charge in [-0.3, -0.25) is 0 Å². The molecular formula is C12H10F2N2O2. The molecule has 0 fully saturated rings. The normalized spacial score (nSPS) is 10.7. The number of halogens is 2. The zero-order valence-corrected chi connectivity index (χ0v) is 9.54. The van der Waals surface area contributed by atoms with Crippen molar-refractivity contribution in [3.05, 3.63) is 41.6 Å². The van der Waals surface area contributed by atoms with Crippen molar-refractivity contribution in [3.63, 3.8) is 0 Å². The Morgan fingerprint density at radius 1 is 1.44 bits per heavy atom. The van der Waals surface area contributed by atoms with E-state index in [2.05, 4.69) is 10.1 Å². The van der Waals surface area contributed by atoms with Crippen LogP contribution in [0.4, 0.5) is 14.5 Å². The first-order valence-corrected chi connectivity index (χ1v) is 5.07. The molecule has 0 bridgehead atoms. The molecule has 1 aromatic carbocycles. The van der Waals surface area contributed by atoms with Gasteiger partial charge in [-0.25, -0.2) is 13.6 Å². The molecule has 0 aliphatic heterocycles. The topological polar surface area (TPSA) is 62.1 Å². The number of nitrogens with one attached hydrogen (secondary N) is 1. The predicted octanol–water partition coefficient (Wildman–Crippen LogP) is 2.35. The van der Waals surface area contributed by atoms with Crippen LogP contribution in [0.2, 0.25) is 0 Å². The highest BCUT2D eigenvalue weighted by Crippen LogP contribution is 2.13. The van der Waals surface area contributed by atoms with Gasteiger partial charge >= 0.3 is 5.97 Å². The minimum Gasteiger partial charge on any atom is -0.462 e. The third-order valence-corrected chi connectivity index (χ3v) is 1.86. The van der Waals surface area contributed by atoms with Crippen LogP contribution in [0, 0.1) is 23.0 Å². The van der Waals surface area contributed by atoms with Crippen molar-refractivity contribution < 1.29 is 18.3 Å². The lowest BCUT2D eigenvalue weighted by Crippen LogP contribution is -2.08. The van der Waals surface area contributed by atoms with Crippen molar-refractivity contribution in [1.29, 1.82) is 5.26 Å². The SMILES string of the molecule is CCOC(=O)C(C#N)=CNc1cc(F)cc(F)c1. The fourth-order valence-corrected chi connectivity index (χ4v) is 1.14. The molecule has 0 radical (unpaired) electrons. The highest BCUT2D eigenvalue weighted by molar-refractivity contribution is 5.93. The van der Waals surface area contributed by atoms with E-state index in [-0.39, 0.29) is 17.9 Å². The van der Waals surface area contributed by atoms with E-state index in [1.165, 1.54) is 0 Å². The van der Waals surface area contributed by atoms with Crippen LogP contribution in [0.15, 0.2) is 30.0 Å². The molecule has 0 heterocycles. The number of carbonyl (C=O) groups is 1. The molecule has 0 saturated carbocycles. The van der Waals surface area contributed by atoms with Gasteiger partial charge < -0.3 is 10.1 Å². The second-order valence-corrected chi connectivity index (χ2v) is 3.19. The van der Waals surface area contributed by atoms with Crippen molar-refractivity contribution in [2.24, 2.45) is 0 Å². The van der Waals surface area contributed by atoms with Crippen LogP contribution in [0.3, 0.4) is 0 Å². The third kappa shape index (κ3) is 3.87. The summed E-state index contributed by atoms with van der Waals surface area (Å²) in [5.41, 5.74) is -0.203. The first-order valence-electron chi connectivity index (χ1n) is 5.07. The molecule has 1 aromatic rings. The molecule has 0 atom stereocenters. The van der Waals surface area contributed by atoms with Gasteiger partial charge in [0, 0.05) is 18.0 Å². The van der Waals surface area contributed by atoms with E-state index in [0.29, 0.717) is 6.07 Å². The lowest BCUT2D eigenvalue weighted by Gasteiger charge is -2.03. The summed E-state index contributed by atoms with van der Waals surface area (Å²) < 4.78 is 30.3. The van der Waals surface area contributed by atoms with Crippen molar-refractivity contribution in [1.82, 2.24) is 0 Å². The Labute approximate surface area is 102 Å². The Balaban J connectivity index is 2.83. The fraction of sp³-hybridized carbons (Fsp3) is 0.167. The van der Waals surface area contributed by atoms with Crippen molar-refractivity contribution in [2.75, 3.05) is 11.9 Å². The van der Waals surface area contributed by atoms with Gasteiger partial charge in [0.15, 0.2) is 5.57 Å². The number of hydrogen-bond acceptors (Lipinski definition) is 4. The molecule has 0 aliphatic rings. The van der Waals surface area contributed by atoms with Gasteiger partial charge in [0.1, 0.15) is 17.7 Å². The van der Waals surface area contributed by atoms with E-state index < -0.39 is 17.6 Å². The van der Waals surface area contributed by atoms with E-state index in [4.69, 9.17) is 5.26 Å². The zero-order valence-electron chi connectivity index (χ0n) is 9.54. The van der Waals surface area contributed by atoms with Crippen LogP contribution in [-0.4, -0.2) is 12.6 Å². The summed E-state index contributed by atoms with van der Waals surface area (Å²) in [5, 5.41) is 11.2. The molecule has 0 spiro atoms. The molecule has 18 heavy (non-hydrogen) atoms. The minimum atomic E-state index is -0.802. The summed E-state index contributed by atoms with van der Waals surface area (Å²) >= 11 is 0. The molecule has 94 valence electrons. The molecule has 0 amide bonds. The van der Waals surface area contributed by atoms with Crippen LogP contribution in [0.25, 0.3) is 0 Å². The highest BCUT2D eigenvalue weighted by atomic mass is 19.1. The first-order chi connectivity index (χ1) is 8.56. The average Bonchev–Trinajstić information content (AvgIpc) is 2.29. The van der Waals surface area contributed by atoms with Crippen molar-refractivity contribution in [2.45, 2.75) is 6.92 Å². The molecule has 0 saturated heterocycles. The Morgan fingerprint density at radius 2 is 2.06 bits per heavy atom. The minimum absolute atomic E-state index is 0.0875. The quantitative estimate of drug-likeness (QED) is 0.507. The van der Waals surface area contributed by atoms with Crippen LogP contribution in [0.5, 0.6) is 0 Å². The highest BCUT2D eigenvalue weighted by Gasteiger charge is 2.09. The zero-order chi connectivity index (χ0) is 13.5. The summed E-state index contributed by atoms with van der Waals surface area (Å²) in [4.78, 5) is 11.2. The maximum absolute atomic E-state index is 12.9. The monoisotopic (exact) mass is 252 g/mol. The largest absolute Gasteiger partial charge is 0.462 e. The summed E-state index contributed by atoms with van der Waals surface area (Å²) in [6, 6.07) is 4.39. The van der Waals surface area contributed by atoms with E-state index in [1.807, 2.05) is 0 Å². The molecule has 4 nitrogen and oxygen atoms in total. The number of nitriles is 1. The fourth-order valence-electron chi connectivity index (χ4n) is 1.14. The number of nitrogens with zero attached hydrogens (tertiary/aromatic N) is 1. The summed E-state index contributed by atoms with van der Waals surface area (Å²) in [6.07, 6.45) is 1.03. The molecular weight excluding hydrogens is 242 g/mol. The summed E-state index contributed by atoms with van der Waals surface area (Å²) in [5.74, 6) is -2.33. The number of carbonyl (C=O) groups excluding carboxylic acids is 1. The Morgan fingerprint density at radius 3 is 2.56 bits per heavy atom. The summed E-state index contributed by atoms with van der Waals surface area (Å²) in [6.45, 7) is 1.73. The Hall–Kier alpha value is -2.42. The Kier molecular flexibility index (Phi) is 4.81.